The Morgan fingerprint density at radius 1 is 1.33 bits per heavy atom. The van der Waals surface area contributed by atoms with Gasteiger partial charge < -0.3 is 9.84 Å². The number of hydrogen-bond donors (Lipinski definition) is 1. The highest BCUT2D eigenvalue weighted by molar-refractivity contribution is 5.84. The number of carbonyl (C=O) groups is 1. The van der Waals surface area contributed by atoms with E-state index in [9.17, 15) is 4.79 Å². The van der Waals surface area contributed by atoms with Gasteiger partial charge in [0.2, 0.25) is 5.88 Å². The predicted octanol–water partition coefficient (Wildman–Crippen LogP) is 1.60. The molecule has 1 rings (SSSR count). The number of ether oxygens (including phenoxy) is 1. The maximum Gasteiger partial charge on any atom is 0.356 e. The zero-order chi connectivity index (χ0) is 11.4. The topological polar surface area (TPSA) is 72.3 Å². The minimum atomic E-state index is -1.09. The molecule has 0 saturated heterocycles. The van der Waals surface area contributed by atoms with Crippen molar-refractivity contribution in [2.24, 2.45) is 5.92 Å². The van der Waals surface area contributed by atoms with Crippen LogP contribution < -0.4 is 4.74 Å². The van der Waals surface area contributed by atoms with E-state index >= 15 is 0 Å². The molecular formula is C10H14N2O3. The number of hydrogen-bond acceptors (Lipinski definition) is 4. The standard InChI is InChI=1S/C10H14N2O3/c1-6(2)7(3)15-9-5-4-8(10(13)14)11-12-9/h4-7H,1-3H3,(H,13,14). The van der Waals surface area contributed by atoms with Crippen molar-refractivity contribution >= 4 is 5.97 Å². The van der Waals surface area contributed by atoms with E-state index in [0.717, 1.165) is 0 Å². The number of aromatic carboxylic acids is 1. The van der Waals surface area contributed by atoms with Crippen LogP contribution in [0, 0.1) is 5.92 Å². The van der Waals surface area contributed by atoms with E-state index in [4.69, 9.17) is 9.84 Å². The van der Waals surface area contributed by atoms with Gasteiger partial charge in [-0.05, 0) is 18.9 Å². The fourth-order valence-corrected chi connectivity index (χ4v) is 0.823. The summed E-state index contributed by atoms with van der Waals surface area (Å²) >= 11 is 0. The van der Waals surface area contributed by atoms with Gasteiger partial charge in [-0.1, -0.05) is 13.8 Å². The predicted molar refractivity (Wildman–Crippen MR) is 53.9 cm³/mol. The van der Waals surface area contributed by atoms with Gasteiger partial charge in [-0.15, -0.1) is 10.2 Å². The summed E-state index contributed by atoms with van der Waals surface area (Å²) in [6.45, 7) is 5.99. The molecule has 1 atom stereocenters. The Balaban J connectivity index is 2.68. The van der Waals surface area contributed by atoms with Crippen LogP contribution in [0.1, 0.15) is 31.3 Å². The molecule has 82 valence electrons. The summed E-state index contributed by atoms with van der Waals surface area (Å²) in [6, 6.07) is 2.88. The van der Waals surface area contributed by atoms with Crippen LogP contribution in [0.2, 0.25) is 0 Å². The van der Waals surface area contributed by atoms with E-state index in [2.05, 4.69) is 10.2 Å². The monoisotopic (exact) mass is 210 g/mol. The summed E-state index contributed by atoms with van der Waals surface area (Å²) in [7, 11) is 0. The third kappa shape index (κ3) is 3.19. The number of carboxylic acid groups (broad SMARTS) is 1. The van der Waals surface area contributed by atoms with Crippen LogP contribution >= 0.6 is 0 Å². The van der Waals surface area contributed by atoms with E-state index in [1.807, 2.05) is 20.8 Å². The van der Waals surface area contributed by atoms with Crippen LogP contribution in [0.25, 0.3) is 0 Å². The van der Waals surface area contributed by atoms with Crippen LogP contribution in [-0.2, 0) is 0 Å². The van der Waals surface area contributed by atoms with E-state index in [1.165, 1.54) is 12.1 Å². The molecule has 0 amide bonds. The number of rotatable bonds is 4. The summed E-state index contributed by atoms with van der Waals surface area (Å²) < 4.78 is 5.44. The molecule has 5 nitrogen and oxygen atoms in total. The Kier molecular flexibility index (Phi) is 3.60. The van der Waals surface area contributed by atoms with E-state index < -0.39 is 5.97 Å². The fourth-order valence-electron chi connectivity index (χ4n) is 0.823. The lowest BCUT2D eigenvalue weighted by Crippen LogP contribution is -2.19. The van der Waals surface area contributed by atoms with Gasteiger partial charge in [0, 0.05) is 6.07 Å². The average molecular weight is 210 g/mol. The van der Waals surface area contributed by atoms with E-state index in [-0.39, 0.29) is 11.8 Å². The van der Waals surface area contributed by atoms with Crippen molar-refractivity contribution in [2.45, 2.75) is 26.9 Å². The summed E-state index contributed by atoms with van der Waals surface area (Å²) in [6.07, 6.45) is 0.0231. The summed E-state index contributed by atoms with van der Waals surface area (Å²) in [5.41, 5.74) is -0.0837. The minimum absolute atomic E-state index is 0.0231. The zero-order valence-electron chi connectivity index (χ0n) is 8.97. The Morgan fingerprint density at radius 3 is 2.40 bits per heavy atom. The first-order valence-corrected chi connectivity index (χ1v) is 4.74. The first-order chi connectivity index (χ1) is 7.00. The normalized spacial score (nSPS) is 12.5. The molecule has 0 aliphatic heterocycles. The molecule has 1 heterocycles. The molecule has 1 aromatic heterocycles. The molecule has 0 fully saturated rings. The van der Waals surface area contributed by atoms with Crippen LogP contribution in [0.4, 0.5) is 0 Å². The van der Waals surface area contributed by atoms with Crippen molar-refractivity contribution in [1.82, 2.24) is 10.2 Å². The highest BCUT2D eigenvalue weighted by atomic mass is 16.5. The Bertz CT molecular complexity index is 335. The Morgan fingerprint density at radius 2 is 2.00 bits per heavy atom. The van der Waals surface area contributed by atoms with Gasteiger partial charge >= 0.3 is 5.97 Å². The second-order valence-corrected chi connectivity index (χ2v) is 3.63. The minimum Gasteiger partial charge on any atom is -0.476 e. The molecule has 0 aliphatic rings. The lowest BCUT2D eigenvalue weighted by molar-refractivity contribution is 0.0688. The molecule has 5 heteroatoms. The highest BCUT2D eigenvalue weighted by Crippen LogP contribution is 2.11. The Hall–Kier alpha value is -1.65. The Labute approximate surface area is 88.1 Å². The fraction of sp³-hybridized carbons (Fsp3) is 0.500. The number of aromatic nitrogens is 2. The van der Waals surface area contributed by atoms with E-state index in [0.29, 0.717) is 11.8 Å². The largest absolute Gasteiger partial charge is 0.476 e. The maximum absolute atomic E-state index is 10.5. The summed E-state index contributed by atoms with van der Waals surface area (Å²) in [5.74, 6) is -0.377. The number of carboxylic acids is 1. The van der Waals surface area contributed by atoms with Crippen LogP contribution in [0.5, 0.6) is 5.88 Å². The van der Waals surface area contributed by atoms with Crippen molar-refractivity contribution in [3.8, 4) is 5.88 Å². The quantitative estimate of drug-likeness (QED) is 0.817. The molecule has 1 unspecified atom stereocenters. The lowest BCUT2D eigenvalue weighted by Gasteiger charge is -2.16. The number of nitrogens with zero attached hydrogens (tertiary/aromatic N) is 2. The third-order valence-electron chi connectivity index (χ3n) is 2.10. The first kappa shape index (κ1) is 11.4. The first-order valence-electron chi connectivity index (χ1n) is 4.74. The lowest BCUT2D eigenvalue weighted by atomic mass is 10.1. The van der Waals surface area contributed by atoms with Crippen LogP contribution in [-0.4, -0.2) is 27.4 Å². The van der Waals surface area contributed by atoms with Gasteiger partial charge in [-0.25, -0.2) is 4.79 Å². The second-order valence-electron chi connectivity index (χ2n) is 3.63. The van der Waals surface area contributed by atoms with Gasteiger partial charge in [0.25, 0.3) is 0 Å². The molecule has 0 radical (unpaired) electrons. The zero-order valence-corrected chi connectivity index (χ0v) is 8.97. The van der Waals surface area contributed by atoms with E-state index in [1.54, 1.807) is 0 Å². The average Bonchev–Trinajstić information content (AvgIpc) is 2.18. The third-order valence-corrected chi connectivity index (χ3v) is 2.10. The molecule has 1 aromatic rings. The molecule has 0 bridgehead atoms. The molecule has 0 aliphatic carbocycles. The van der Waals surface area contributed by atoms with Crippen molar-refractivity contribution < 1.29 is 14.6 Å². The van der Waals surface area contributed by atoms with Crippen LogP contribution in [0.15, 0.2) is 12.1 Å². The molecular weight excluding hydrogens is 196 g/mol. The highest BCUT2D eigenvalue weighted by Gasteiger charge is 2.11. The molecule has 0 spiro atoms. The van der Waals surface area contributed by atoms with Gasteiger partial charge in [0.1, 0.15) is 0 Å². The van der Waals surface area contributed by atoms with Gasteiger partial charge in [-0.3, -0.25) is 0 Å². The molecule has 0 aromatic carbocycles. The molecule has 15 heavy (non-hydrogen) atoms. The summed E-state index contributed by atoms with van der Waals surface area (Å²) in [5, 5.41) is 15.8. The second kappa shape index (κ2) is 4.72. The smallest absolute Gasteiger partial charge is 0.356 e. The summed E-state index contributed by atoms with van der Waals surface area (Å²) in [4.78, 5) is 10.5. The van der Waals surface area contributed by atoms with Crippen molar-refractivity contribution in [3.63, 3.8) is 0 Å². The maximum atomic E-state index is 10.5. The van der Waals surface area contributed by atoms with Gasteiger partial charge in [0.05, 0.1) is 6.10 Å². The van der Waals surface area contributed by atoms with Crippen molar-refractivity contribution in [2.75, 3.05) is 0 Å². The van der Waals surface area contributed by atoms with Gasteiger partial charge in [-0.2, -0.15) is 0 Å². The van der Waals surface area contributed by atoms with Crippen LogP contribution in [0.3, 0.4) is 0 Å². The molecule has 1 N–H and O–H groups in total. The van der Waals surface area contributed by atoms with Crippen molar-refractivity contribution in [3.05, 3.63) is 17.8 Å². The van der Waals surface area contributed by atoms with Gasteiger partial charge in [0.15, 0.2) is 5.69 Å². The molecule has 0 saturated carbocycles. The van der Waals surface area contributed by atoms with Crippen molar-refractivity contribution in [1.29, 1.82) is 0 Å². The SMILES string of the molecule is CC(C)C(C)Oc1ccc(C(=O)O)nn1.